The van der Waals surface area contributed by atoms with Gasteiger partial charge >= 0.3 is 0 Å². The molecule has 50 valence electrons. The fourth-order valence-corrected chi connectivity index (χ4v) is 1.11. The second-order valence-corrected chi connectivity index (χ2v) is 2.71. The third-order valence-electron chi connectivity index (χ3n) is 1.84. The molecule has 2 nitrogen and oxygen atoms in total. The number of piperidine rings is 1. The quantitative estimate of drug-likeness (QED) is 0.520. The zero-order valence-electron chi connectivity index (χ0n) is 5.72. The molecule has 1 aliphatic rings. The molecule has 0 aliphatic carbocycles. The van der Waals surface area contributed by atoms with Crippen molar-refractivity contribution in [3.8, 4) is 6.07 Å². The molecule has 0 aromatic heterocycles. The molecule has 0 aromatic carbocycles. The normalized spacial score (nSPS) is 35.6. The lowest BCUT2D eigenvalue weighted by Crippen LogP contribution is -2.36. The van der Waals surface area contributed by atoms with Gasteiger partial charge in [-0.3, -0.25) is 0 Å². The van der Waals surface area contributed by atoms with Crippen molar-refractivity contribution in [2.75, 3.05) is 6.54 Å². The monoisotopic (exact) mass is 124 g/mol. The lowest BCUT2D eigenvalue weighted by molar-refractivity contribution is 0.372. The topological polar surface area (TPSA) is 35.8 Å². The van der Waals surface area contributed by atoms with Crippen molar-refractivity contribution < 1.29 is 0 Å². The molecule has 1 fully saturated rings. The Morgan fingerprint density at radius 1 is 1.56 bits per heavy atom. The highest BCUT2D eigenvalue weighted by Crippen LogP contribution is 2.11. The van der Waals surface area contributed by atoms with Crippen LogP contribution < -0.4 is 5.32 Å². The Hall–Kier alpha value is -0.550. The summed E-state index contributed by atoms with van der Waals surface area (Å²) in [5, 5.41) is 11.7. The summed E-state index contributed by atoms with van der Waals surface area (Å²) in [7, 11) is 0. The van der Waals surface area contributed by atoms with E-state index in [1.807, 2.05) is 0 Å². The number of hydrogen-bond acceptors (Lipinski definition) is 2. The van der Waals surface area contributed by atoms with E-state index in [4.69, 9.17) is 5.26 Å². The predicted molar refractivity (Wildman–Crippen MR) is 35.8 cm³/mol. The standard InChI is InChI=1S/C7H12N2/c1-6-2-3-7(4-8)5-9-6/h6-7,9H,2-3,5H2,1H3/t6-,7?/m1/s1. The summed E-state index contributed by atoms with van der Waals surface area (Å²) < 4.78 is 0. The maximum absolute atomic E-state index is 8.49. The van der Waals surface area contributed by atoms with Crippen LogP contribution in [0.4, 0.5) is 0 Å². The van der Waals surface area contributed by atoms with Crippen LogP contribution in [0.15, 0.2) is 0 Å². The fraction of sp³-hybridized carbons (Fsp3) is 0.857. The molecule has 1 N–H and O–H groups in total. The Bertz CT molecular complexity index is 117. The van der Waals surface area contributed by atoms with E-state index >= 15 is 0 Å². The van der Waals surface area contributed by atoms with Crippen molar-refractivity contribution in [3.05, 3.63) is 0 Å². The molecule has 2 heteroatoms. The third kappa shape index (κ3) is 1.69. The molecule has 0 bridgehead atoms. The first-order chi connectivity index (χ1) is 4.33. The van der Waals surface area contributed by atoms with E-state index in [1.165, 1.54) is 0 Å². The second kappa shape index (κ2) is 2.84. The van der Waals surface area contributed by atoms with Crippen LogP contribution in [-0.4, -0.2) is 12.6 Å². The molecule has 0 amide bonds. The van der Waals surface area contributed by atoms with E-state index in [0.717, 1.165) is 19.4 Å². The number of nitrogens with one attached hydrogen (secondary N) is 1. The van der Waals surface area contributed by atoms with Crippen LogP contribution in [0.2, 0.25) is 0 Å². The van der Waals surface area contributed by atoms with Crippen molar-refractivity contribution in [3.63, 3.8) is 0 Å². The van der Waals surface area contributed by atoms with Crippen molar-refractivity contribution in [1.82, 2.24) is 5.32 Å². The molecule has 0 saturated carbocycles. The zero-order chi connectivity index (χ0) is 6.69. The van der Waals surface area contributed by atoms with Gasteiger partial charge in [0.25, 0.3) is 0 Å². The summed E-state index contributed by atoms with van der Waals surface area (Å²) in [4.78, 5) is 0. The van der Waals surface area contributed by atoms with Crippen molar-refractivity contribution in [1.29, 1.82) is 5.26 Å². The first-order valence-electron chi connectivity index (χ1n) is 3.46. The van der Waals surface area contributed by atoms with Crippen molar-refractivity contribution in [2.24, 2.45) is 5.92 Å². The number of nitriles is 1. The minimum Gasteiger partial charge on any atom is -0.313 e. The van der Waals surface area contributed by atoms with Crippen molar-refractivity contribution in [2.45, 2.75) is 25.8 Å². The molecular formula is C7H12N2. The highest BCUT2D eigenvalue weighted by molar-refractivity contribution is 4.88. The Morgan fingerprint density at radius 2 is 2.33 bits per heavy atom. The van der Waals surface area contributed by atoms with Crippen LogP contribution in [-0.2, 0) is 0 Å². The maximum Gasteiger partial charge on any atom is 0.0669 e. The van der Waals surface area contributed by atoms with Gasteiger partial charge < -0.3 is 5.32 Å². The molecule has 2 atom stereocenters. The summed E-state index contributed by atoms with van der Waals surface area (Å²) in [6.45, 7) is 3.05. The van der Waals surface area contributed by atoms with Crippen LogP contribution in [0, 0.1) is 17.2 Å². The highest BCUT2D eigenvalue weighted by atomic mass is 14.9. The molecule has 9 heavy (non-hydrogen) atoms. The molecule has 1 heterocycles. The number of nitrogens with zero attached hydrogens (tertiary/aromatic N) is 1. The lowest BCUT2D eigenvalue weighted by atomic mass is 9.97. The average Bonchev–Trinajstić information content (AvgIpc) is 1.90. The highest BCUT2D eigenvalue weighted by Gasteiger charge is 2.15. The van der Waals surface area contributed by atoms with Crippen molar-refractivity contribution >= 4 is 0 Å². The summed E-state index contributed by atoms with van der Waals surface area (Å²) in [6.07, 6.45) is 2.23. The van der Waals surface area contributed by atoms with Gasteiger partial charge in [0.15, 0.2) is 0 Å². The van der Waals surface area contributed by atoms with Gasteiger partial charge in [-0.1, -0.05) is 0 Å². The number of hydrogen-bond donors (Lipinski definition) is 1. The molecule has 1 aliphatic heterocycles. The van der Waals surface area contributed by atoms with Crippen LogP contribution in [0.3, 0.4) is 0 Å². The fourth-order valence-electron chi connectivity index (χ4n) is 1.11. The molecular weight excluding hydrogens is 112 g/mol. The largest absolute Gasteiger partial charge is 0.313 e. The van der Waals surface area contributed by atoms with E-state index in [1.54, 1.807) is 0 Å². The average molecular weight is 124 g/mol. The van der Waals surface area contributed by atoms with Gasteiger partial charge in [0, 0.05) is 12.6 Å². The van der Waals surface area contributed by atoms with E-state index in [9.17, 15) is 0 Å². The van der Waals surface area contributed by atoms with E-state index in [0.29, 0.717) is 6.04 Å². The Balaban J connectivity index is 2.28. The summed E-state index contributed by atoms with van der Waals surface area (Å²) >= 11 is 0. The summed E-state index contributed by atoms with van der Waals surface area (Å²) in [6, 6.07) is 2.88. The van der Waals surface area contributed by atoms with Crippen LogP contribution >= 0.6 is 0 Å². The molecule has 1 saturated heterocycles. The van der Waals surface area contributed by atoms with Gasteiger partial charge in [-0.05, 0) is 19.8 Å². The van der Waals surface area contributed by atoms with Crippen LogP contribution in [0.25, 0.3) is 0 Å². The minimum absolute atomic E-state index is 0.265. The van der Waals surface area contributed by atoms with Gasteiger partial charge in [-0.2, -0.15) is 5.26 Å². The van der Waals surface area contributed by atoms with Gasteiger partial charge in [0.1, 0.15) is 0 Å². The first-order valence-corrected chi connectivity index (χ1v) is 3.46. The smallest absolute Gasteiger partial charge is 0.0669 e. The molecule has 1 rings (SSSR count). The summed E-state index contributed by atoms with van der Waals surface area (Å²) in [5.41, 5.74) is 0. The maximum atomic E-state index is 8.49. The Labute approximate surface area is 55.9 Å². The van der Waals surface area contributed by atoms with Gasteiger partial charge in [0.2, 0.25) is 0 Å². The van der Waals surface area contributed by atoms with E-state index in [2.05, 4.69) is 18.3 Å². The Morgan fingerprint density at radius 3 is 2.78 bits per heavy atom. The van der Waals surface area contributed by atoms with Gasteiger partial charge in [-0.25, -0.2) is 0 Å². The van der Waals surface area contributed by atoms with Crippen LogP contribution in [0.5, 0.6) is 0 Å². The first kappa shape index (κ1) is 6.57. The molecule has 0 spiro atoms. The van der Waals surface area contributed by atoms with E-state index < -0.39 is 0 Å². The Kier molecular flexibility index (Phi) is 2.07. The predicted octanol–water partition coefficient (Wildman–Crippen LogP) is 0.898. The SMILES string of the molecule is C[C@@H]1CCC(C#N)CN1. The third-order valence-corrected chi connectivity index (χ3v) is 1.84. The zero-order valence-corrected chi connectivity index (χ0v) is 5.72. The van der Waals surface area contributed by atoms with Gasteiger partial charge in [0.05, 0.1) is 12.0 Å². The molecule has 0 aromatic rings. The van der Waals surface area contributed by atoms with Gasteiger partial charge in [-0.15, -0.1) is 0 Å². The van der Waals surface area contributed by atoms with Crippen LogP contribution in [0.1, 0.15) is 19.8 Å². The number of rotatable bonds is 0. The summed E-state index contributed by atoms with van der Waals surface area (Å²) in [5.74, 6) is 0.265. The molecule has 0 radical (unpaired) electrons. The lowest BCUT2D eigenvalue weighted by Gasteiger charge is -2.22. The second-order valence-electron chi connectivity index (χ2n) is 2.71. The molecule has 1 unspecified atom stereocenters. The minimum atomic E-state index is 0.265. The van der Waals surface area contributed by atoms with E-state index in [-0.39, 0.29) is 5.92 Å².